The number of rotatable bonds is 34. The Morgan fingerprint density at radius 1 is 0.591 bits per heavy atom. The molecule has 0 spiro atoms. The molecule has 0 bridgehead atoms. The number of carbonyl (C=O) groups excluding carboxylic acids is 1. The van der Waals surface area contributed by atoms with Gasteiger partial charge in [0, 0.05) is 6.42 Å². The second-order valence-electron chi connectivity index (χ2n) is 13.2. The molecule has 0 radical (unpaired) electrons. The van der Waals surface area contributed by atoms with Crippen LogP contribution in [-0.4, -0.2) is 41.9 Å². The molecule has 2 atom stereocenters. The van der Waals surface area contributed by atoms with Gasteiger partial charge in [-0.05, 0) is 38.5 Å². The fraction of sp³-hybridized carbons (Fsp3) is 0.919. The Bertz CT molecular complexity index is 755. The zero-order chi connectivity index (χ0) is 32.6. The molecule has 262 valence electrons. The number of carbonyl (C=O) groups is 1. The van der Waals surface area contributed by atoms with E-state index in [9.17, 15) is 22.9 Å². The van der Waals surface area contributed by atoms with Gasteiger partial charge in [0.2, 0.25) is 5.91 Å². The predicted octanol–water partition coefficient (Wildman–Crippen LogP) is 10.6. The second-order valence-corrected chi connectivity index (χ2v) is 14.7. The highest BCUT2D eigenvalue weighted by Gasteiger charge is 2.26. The Kier molecular flexibility index (Phi) is 31.4. The van der Waals surface area contributed by atoms with E-state index in [1.807, 2.05) is 0 Å². The van der Waals surface area contributed by atoms with Crippen molar-refractivity contribution in [2.24, 2.45) is 0 Å². The van der Waals surface area contributed by atoms with Gasteiger partial charge in [0.25, 0.3) is 10.1 Å². The summed E-state index contributed by atoms with van der Waals surface area (Å²) in [5.41, 5.74) is 0. The number of hydrogen-bond acceptors (Lipinski definition) is 4. The number of aliphatic hydroxyl groups is 1. The molecule has 0 heterocycles. The van der Waals surface area contributed by atoms with Crippen LogP contribution in [0.5, 0.6) is 0 Å². The minimum absolute atomic E-state index is 0.253. The minimum atomic E-state index is -4.30. The van der Waals surface area contributed by atoms with E-state index < -0.39 is 28.0 Å². The summed E-state index contributed by atoms with van der Waals surface area (Å²) >= 11 is 0. The summed E-state index contributed by atoms with van der Waals surface area (Å²) in [5.74, 6) is -0.901. The standard InChI is InChI=1S/C37H73NO5S/c1-3-5-7-9-11-13-15-17-18-19-21-23-25-27-29-31-33-37(40)38-35(34-44(41,42)43)36(39)32-30-28-26-24-22-20-16-14-12-10-8-6-4-2/h18-19,35-36,39H,3-17,20-34H2,1-2H3,(H,38,40)(H,41,42,43)/b19-18-. The molecule has 0 aromatic carbocycles. The highest BCUT2D eigenvalue weighted by Crippen LogP contribution is 2.15. The monoisotopic (exact) mass is 644 g/mol. The third-order valence-electron chi connectivity index (χ3n) is 8.72. The lowest BCUT2D eigenvalue weighted by atomic mass is 10.0. The second kappa shape index (κ2) is 32.0. The molecule has 0 fully saturated rings. The largest absolute Gasteiger partial charge is 0.391 e. The number of amides is 1. The summed E-state index contributed by atoms with van der Waals surface area (Å²) in [6.45, 7) is 4.50. The molecule has 0 aromatic rings. The van der Waals surface area contributed by atoms with Crippen LogP contribution in [0.4, 0.5) is 0 Å². The Hall–Kier alpha value is -0.920. The molecule has 0 rings (SSSR count). The first-order chi connectivity index (χ1) is 21.3. The van der Waals surface area contributed by atoms with Crippen LogP contribution in [0, 0.1) is 0 Å². The molecule has 0 aromatic heterocycles. The van der Waals surface area contributed by atoms with E-state index in [0.717, 1.165) is 51.4 Å². The number of allylic oxidation sites excluding steroid dienone is 2. The molecular formula is C37H73NO5S. The summed E-state index contributed by atoms with van der Waals surface area (Å²) in [6, 6.07) is -0.970. The lowest BCUT2D eigenvalue weighted by Gasteiger charge is -2.23. The summed E-state index contributed by atoms with van der Waals surface area (Å²) in [7, 11) is -4.30. The first-order valence-corrected chi connectivity index (χ1v) is 20.5. The van der Waals surface area contributed by atoms with E-state index in [-0.39, 0.29) is 5.91 Å². The van der Waals surface area contributed by atoms with Crippen LogP contribution in [0.15, 0.2) is 12.2 Å². The van der Waals surface area contributed by atoms with Crippen molar-refractivity contribution in [3.63, 3.8) is 0 Å². The van der Waals surface area contributed by atoms with Crippen molar-refractivity contribution in [2.45, 2.75) is 212 Å². The number of aliphatic hydroxyl groups excluding tert-OH is 1. The fourth-order valence-electron chi connectivity index (χ4n) is 5.86. The first kappa shape index (κ1) is 43.1. The normalized spacial score (nSPS) is 13.5. The minimum Gasteiger partial charge on any atom is -0.391 e. The Labute approximate surface area is 273 Å². The van der Waals surface area contributed by atoms with Gasteiger partial charge < -0.3 is 10.4 Å². The van der Waals surface area contributed by atoms with Gasteiger partial charge >= 0.3 is 0 Å². The van der Waals surface area contributed by atoms with Gasteiger partial charge in [0.15, 0.2) is 0 Å². The maximum absolute atomic E-state index is 12.5. The van der Waals surface area contributed by atoms with Crippen LogP contribution >= 0.6 is 0 Å². The molecule has 3 N–H and O–H groups in total. The zero-order valence-electron chi connectivity index (χ0n) is 29.1. The topological polar surface area (TPSA) is 104 Å². The molecule has 0 aliphatic rings. The van der Waals surface area contributed by atoms with Crippen LogP contribution in [-0.2, 0) is 14.9 Å². The van der Waals surface area contributed by atoms with Gasteiger partial charge in [-0.3, -0.25) is 9.35 Å². The maximum atomic E-state index is 12.5. The summed E-state index contributed by atoms with van der Waals surface area (Å²) < 4.78 is 32.4. The number of nitrogens with one attached hydrogen (secondary N) is 1. The molecule has 0 saturated carbocycles. The van der Waals surface area contributed by atoms with Crippen LogP contribution in [0.1, 0.15) is 200 Å². The molecule has 0 aliphatic carbocycles. The first-order valence-electron chi connectivity index (χ1n) is 18.9. The van der Waals surface area contributed by atoms with E-state index in [0.29, 0.717) is 12.8 Å². The van der Waals surface area contributed by atoms with Crippen LogP contribution in [0.3, 0.4) is 0 Å². The average molecular weight is 644 g/mol. The van der Waals surface area contributed by atoms with E-state index in [4.69, 9.17) is 0 Å². The van der Waals surface area contributed by atoms with Crippen molar-refractivity contribution in [1.29, 1.82) is 0 Å². The Morgan fingerprint density at radius 2 is 0.955 bits per heavy atom. The third kappa shape index (κ3) is 32.5. The summed E-state index contributed by atoms with van der Waals surface area (Å²) in [5, 5.41) is 13.3. The number of unbranched alkanes of at least 4 members (excludes halogenated alkanes) is 24. The van der Waals surface area contributed by atoms with Crippen LogP contribution < -0.4 is 5.32 Å². The van der Waals surface area contributed by atoms with Gasteiger partial charge in [-0.15, -0.1) is 0 Å². The highest BCUT2D eigenvalue weighted by atomic mass is 32.2. The quantitative estimate of drug-likeness (QED) is 0.0368. The van der Waals surface area contributed by atoms with Crippen molar-refractivity contribution in [3.8, 4) is 0 Å². The average Bonchev–Trinajstić information content (AvgIpc) is 2.98. The molecule has 7 heteroatoms. The van der Waals surface area contributed by atoms with Crippen molar-refractivity contribution in [3.05, 3.63) is 12.2 Å². The summed E-state index contributed by atoms with van der Waals surface area (Å²) in [4.78, 5) is 12.5. The van der Waals surface area contributed by atoms with Gasteiger partial charge in [0.05, 0.1) is 17.9 Å². The lowest BCUT2D eigenvalue weighted by molar-refractivity contribution is -0.122. The molecule has 1 amide bonds. The van der Waals surface area contributed by atoms with E-state index >= 15 is 0 Å². The van der Waals surface area contributed by atoms with Crippen molar-refractivity contribution < 1.29 is 22.9 Å². The lowest BCUT2D eigenvalue weighted by Crippen LogP contribution is -2.47. The highest BCUT2D eigenvalue weighted by molar-refractivity contribution is 7.85. The Balaban J connectivity index is 3.91. The third-order valence-corrected chi connectivity index (χ3v) is 9.50. The van der Waals surface area contributed by atoms with Crippen molar-refractivity contribution in [1.82, 2.24) is 5.32 Å². The van der Waals surface area contributed by atoms with Crippen LogP contribution in [0.2, 0.25) is 0 Å². The zero-order valence-corrected chi connectivity index (χ0v) is 29.9. The van der Waals surface area contributed by atoms with Gasteiger partial charge in [-0.2, -0.15) is 8.42 Å². The molecular weight excluding hydrogens is 570 g/mol. The maximum Gasteiger partial charge on any atom is 0.266 e. The molecule has 6 nitrogen and oxygen atoms in total. The van der Waals surface area contributed by atoms with Gasteiger partial charge in [-0.1, -0.05) is 167 Å². The smallest absolute Gasteiger partial charge is 0.266 e. The molecule has 0 saturated heterocycles. The van der Waals surface area contributed by atoms with E-state index in [1.165, 1.54) is 122 Å². The van der Waals surface area contributed by atoms with Crippen LogP contribution in [0.25, 0.3) is 0 Å². The van der Waals surface area contributed by atoms with Gasteiger partial charge in [0.1, 0.15) is 0 Å². The van der Waals surface area contributed by atoms with E-state index in [2.05, 4.69) is 31.3 Å². The molecule has 2 unspecified atom stereocenters. The van der Waals surface area contributed by atoms with Gasteiger partial charge in [-0.25, -0.2) is 0 Å². The SMILES string of the molecule is CCCCCCCCC/C=C\CCCCCCCC(=O)NC(CS(=O)(=O)O)C(O)CCCCCCCCCCCCCCC. The summed E-state index contributed by atoms with van der Waals surface area (Å²) in [6.07, 6.45) is 37.2. The number of hydrogen-bond donors (Lipinski definition) is 3. The molecule has 44 heavy (non-hydrogen) atoms. The van der Waals surface area contributed by atoms with E-state index in [1.54, 1.807) is 0 Å². The fourth-order valence-corrected chi connectivity index (χ4v) is 6.62. The van der Waals surface area contributed by atoms with Crippen molar-refractivity contribution >= 4 is 16.0 Å². The predicted molar refractivity (Wildman–Crippen MR) is 189 cm³/mol. The van der Waals surface area contributed by atoms with Crippen molar-refractivity contribution in [2.75, 3.05) is 5.75 Å². The Morgan fingerprint density at radius 3 is 1.36 bits per heavy atom. The molecule has 0 aliphatic heterocycles.